The Labute approximate surface area is 324 Å². The van der Waals surface area contributed by atoms with Crippen molar-refractivity contribution in [1.29, 1.82) is 0 Å². The second-order valence-corrected chi connectivity index (χ2v) is 14.8. The highest BCUT2D eigenvalue weighted by Crippen LogP contribution is 2.35. The fraction of sp³-hybridized carbons (Fsp3) is 0.222. The van der Waals surface area contributed by atoms with Gasteiger partial charge in [-0.1, -0.05) is 182 Å². The monoisotopic (exact) mass is 702 g/mol. The summed E-state index contributed by atoms with van der Waals surface area (Å²) in [5.41, 5.74) is 18.3. The van der Waals surface area contributed by atoms with Crippen LogP contribution in [0.1, 0.15) is 66.8 Å². The second kappa shape index (κ2) is 19.6. The van der Waals surface area contributed by atoms with E-state index in [0.717, 1.165) is 77.0 Å². The van der Waals surface area contributed by atoms with E-state index in [1.807, 2.05) is 0 Å². The maximum Gasteiger partial charge on any atom is -0.0233 e. The Balaban J connectivity index is 1.42. The maximum absolute atomic E-state index is 2.31. The third kappa shape index (κ3) is 10.4. The zero-order chi connectivity index (χ0) is 36.6. The Bertz CT molecular complexity index is 1690. The Morgan fingerprint density at radius 1 is 0.148 bits per heavy atom. The molecule has 270 valence electrons. The first kappa shape index (κ1) is 36.9. The number of benzene rings is 7. The van der Waals surface area contributed by atoms with Gasteiger partial charge in [-0.25, -0.2) is 0 Å². The molecule has 54 heavy (non-hydrogen) atoms. The zero-order valence-corrected chi connectivity index (χ0v) is 31.8. The van der Waals surface area contributed by atoms with Gasteiger partial charge < -0.3 is 0 Å². The summed E-state index contributed by atoms with van der Waals surface area (Å²) >= 11 is 0. The zero-order valence-electron chi connectivity index (χ0n) is 31.8. The van der Waals surface area contributed by atoms with E-state index in [-0.39, 0.29) is 0 Å². The van der Waals surface area contributed by atoms with Crippen molar-refractivity contribution in [1.82, 2.24) is 0 Å². The van der Waals surface area contributed by atoms with Crippen LogP contribution in [-0.2, 0) is 77.0 Å². The molecule has 7 aromatic rings. The molecule has 0 aromatic heterocycles. The van der Waals surface area contributed by atoms with E-state index in [1.54, 1.807) is 33.4 Å². The molecular formula is C54H54. The van der Waals surface area contributed by atoms with Crippen LogP contribution in [-0.4, -0.2) is 0 Å². The summed E-state index contributed by atoms with van der Waals surface area (Å²) in [4.78, 5) is 0. The molecule has 7 rings (SSSR count). The topological polar surface area (TPSA) is 0 Å². The van der Waals surface area contributed by atoms with Crippen molar-refractivity contribution in [3.63, 3.8) is 0 Å². The summed E-state index contributed by atoms with van der Waals surface area (Å²) in [7, 11) is 0. The Kier molecular flexibility index (Phi) is 13.4. The van der Waals surface area contributed by atoms with Gasteiger partial charge in [-0.15, -0.1) is 0 Å². The highest BCUT2D eigenvalue weighted by molar-refractivity contribution is 5.54. The van der Waals surface area contributed by atoms with E-state index in [9.17, 15) is 0 Å². The van der Waals surface area contributed by atoms with Crippen molar-refractivity contribution in [2.45, 2.75) is 77.0 Å². The SMILES string of the molecule is c1ccc(CCc2c(CCc3ccccc3)c(CCc3ccccc3)c(CCc3ccccc3)c(CCc3ccccc3)c2CCc2ccccc2)cc1. The smallest absolute Gasteiger partial charge is 0.0233 e. The molecule has 0 atom stereocenters. The minimum Gasteiger partial charge on any atom is -0.0622 e. The van der Waals surface area contributed by atoms with Crippen LogP contribution in [0.4, 0.5) is 0 Å². The number of aryl methyl sites for hydroxylation is 6. The molecule has 0 heterocycles. The molecule has 0 nitrogen and oxygen atoms in total. The number of hydrogen-bond donors (Lipinski definition) is 0. The Hall–Kier alpha value is -5.46. The van der Waals surface area contributed by atoms with Crippen LogP contribution in [0.25, 0.3) is 0 Å². The van der Waals surface area contributed by atoms with E-state index < -0.39 is 0 Å². The normalized spacial score (nSPS) is 11.1. The molecule has 0 saturated carbocycles. The standard InChI is InChI=1S/C54H54/c1-7-19-43(20-8-1)31-37-49-50(38-32-44-21-9-2-10-22-44)52(40-34-46-25-13-4-14-26-46)54(42-36-48-29-17-6-18-30-48)53(41-35-47-27-15-5-16-28-47)51(49)39-33-45-23-11-3-12-24-45/h1-30H,31-42H2. The van der Waals surface area contributed by atoms with Crippen LogP contribution < -0.4 is 0 Å². The van der Waals surface area contributed by atoms with Crippen LogP contribution in [0.15, 0.2) is 182 Å². The molecule has 0 saturated heterocycles. The predicted molar refractivity (Wildman–Crippen MR) is 230 cm³/mol. The first-order chi connectivity index (χ1) is 26.8. The quantitative estimate of drug-likeness (QED) is 0.0835. The fourth-order valence-electron chi connectivity index (χ4n) is 8.39. The average molecular weight is 703 g/mol. The second-order valence-electron chi connectivity index (χ2n) is 14.8. The number of hydrogen-bond acceptors (Lipinski definition) is 0. The fourth-order valence-corrected chi connectivity index (χ4v) is 8.39. The van der Waals surface area contributed by atoms with E-state index in [2.05, 4.69) is 182 Å². The van der Waals surface area contributed by atoms with Crippen molar-refractivity contribution >= 4 is 0 Å². The van der Waals surface area contributed by atoms with Gasteiger partial charge in [-0.05, 0) is 144 Å². The average Bonchev–Trinajstić information content (AvgIpc) is 3.24. The van der Waals surface area contributed by atoms with Crippen LogP contribution in [0.3, 0.4) is 0 Å². The van der Waals surface area contributed by atoms with E-state index in [1.165, 1.54) is 33.4 Å². The summed E-state index contributed by atoms with van der Waals surface area (Å²) in [6.07, 6.45) is 12.7. The van der Waals surface area contributed by atoms with Crippen molar-refractivity contribution in [3.05, 3.63) is 249 Å². The van der Waals surface area contributed by atoms with E-state index in [0.29, 0.717) is 0 Å². The van der Waals surface area contributed by atoms with Crippen molar-refractivity contribution in [3.8, 4) is 0 Å². The summed E-state index contributed by atoms with van der Waals surface area (Å²) in [6, 6.07) is 67.0. The minimum atomic E-state index is 1.05. The Morgan fingerprint density at radius 2 is 0.278 bits per heavy atom. The lowest BCUT2D eigenvalue weighted by Crippen LogP contribution is -2.18. The molecule has 0 bridgehead atoms. The lowest BCUT2D eigenvalue weighted by Gasteiger charge is -2.28. The molecule has 7 aromatic carbocycles. The van der Waals surface area contributed by atoms with Crippen molar-refractivity contribution in [2.75, 3.05) is 0 Å². The largest absolute Gasteiger partial charge is 0.0622 e. The highest BCUT2D eigenvalue weighted by Gasteiger charge is 2.24. The molecule has 0 N–H and O–H groups in total. The van der Waals surface area contributed by atoms with E-state index >= 15 is 0 Å². The summed E-state index contributed by atoms with van der Waals surface area (Å²) in [5, 5.41) is 0. The molecular weight excluding hydrogens is 649 g/mol. The molecule has 0 amide bonds. The molecule has 0 fully saturated rings. The summed E-state index contributed by atoms with van der Waals surface area (Å²) < 4.78 is 0. The minimum absolute atomic E-state index is 1.05. The van der Waals surface area contributed by atoms with Gasteiger partial charge >= 0.3 is 0 Å². The third-order valence-electron chi connectivity index (χ3n) is 11.2. The van der Waals surface area contributed by atoms with Crippen LogP contribution in [0.5, 0.6) is 0 Å². The lowest BCUT2D eigenvalue weighted by atomic mass is 9.76. The van der Waals surface area contributed by atoms with Gasteiger partial charge in [0.25, 0.3) is 0 Å². The maximum atomic E-state index is 2.31. The molecule has 0 radical (unpaired) electrons. The summed E-state index contributed by atoms with van der Waals surface area (Å²) in [6.45, 7) is 0. The van der Waals surface area contributed by atoms with Gasteiger partial charge in [0.05, 0.1) is 0 Å². The third-order valence-corrected chi connectivity index (χ3v) is 11.2. The van der Waals surface area contributed by atoms with Crippen LogP contribution >= 0.6 is 0 Å². The van der Waals surface area contributed by atoms with Crippen LogP contribution in [0, 0.1) is 0 Å². The molecule has 0 aliphatic rings. The molecule has 0 aliphatic carbocycles. The molecule has 0 heteroatoms. The first-order valence-corrected chi connectivity index (χ1v) is 20.2. The predicted octanol–water partition coefficient (Wildman–Crippen LogP) is 12.4. The van der Waals surface area contributed by atoms with Gasteiger partial charge in [-0.2, -0.15) is 0 Å². The number of rotatable bonds is 18. The Morgan fingerprint density at radius 3 is 0.407 bits per heavy atom. The van der Waals surface area contributed by atoms with Gasteiger partial charge in [0.2, 0.25) is 0 Å². The van der Waals surface area contributed by atoms with Gasteiger partial charge in [-0.3, -0.25) is 0 Å². The van der Waals surface area contributed by atoms with Gasteiger partial charge in [0, 0.05) is 0 Å². The molecule has 0 aliphatic heterocycles. The summed E-state index contributed by atoms with van der Waals surface area (Å²) in [5.74, 6) is 0. The lowest BCUT2D eigenvalue weighted by molar-refractivity contribution is 0.777. The molecule has 0 unspecified atom stereocenters. The van der Waals surface area contributed by atoms with Gasteiger partial charge in [0.1, 0.15) is 0 Å². The van der Waals surface area contributed by atoms with Gasteiger partial charge in [0.15, 0.2) is 0 Å². The first-order valence-electron chi connectivity index (χ1n) is 20.2. The van der Waals surface area contributed by atoms with E-state index in [4.69, 9.17) is 0 Å². The highest BCUT2D eigenvalue weighted by atomic mass is 14.3. The van der Waals surface area contributed by atoms with Crippen molar-refractivity contribution < 1.29 is 0 Å². The van der Waals surface area contributed by atoms with Crippen molar-refractivity contribution in [2.24, 2.45) is 0 Å². The molecule has 0 spiro atoms. The van der Waals surface area contributed by atoms with Crippen LogP contribution in [0.2, 0.25) is 0 Å².